The summed E-state index contributed by atoms with van der Waals surface area (Å²) in [5, 5.41) is 9.12. The van der Waals surface area contributed by atoms with Gasteiger partial charge in [0.15, 0.2) is 5.56 Å². The lowest BCUT2D eigenvalue weighted by molar-refractivity contribution is -0.0149. The van der Waals surface area contributed by atoms with Gasteiger partial charge >= 0.3 is 0 Å². The molecule has 0 saturated carbocycles. The van der Waals surface area contributed by atoms with Crippen LogP contribution in [0.2, 0.25) is 0 Å². The second kappa shape index (κ2) is 5.44. The highest BCUT2D eigenvalue weighted by atomic mass is 35.5. The van der Waals surface area contributed by atoms with Crippen molar-refractivity contribution < 1.29 is 9.84 Å². The Labute approximate surface area is 81.4 Å². The summed E-state index contributed by atoms with van der Waals surface area (Å²) in [5.41, 5.74) is -0.852. The maximum atomic E-state index is 9.12. The number of hydrogen-bond donors (Lipinski definition) is 1. The smallest absolute Gasteiger partial charge is 0.159 e. The van der Waals surface area contributed by atoms with Crippen molar-refractivity contribution >= 4 is 34.8 Å². The summed E-state index contributed by atoms with van der Waals surface area (Å²) in [6.07, 6.45) is -1.11. The minimum Gasteiger partial charge on any atom is -0.386 e. The fourth-order valence-electron chi connectivity index (χ4n) is 0.455. The second-order valence-electron chi connectivity index (χ2n) is 2.36. The van der Waals surface area contributed by atoms with Gasteiger partial charge in [-0.15, -0.1) is 23.2 Å². The lowest BCUT2D eigenvalue weighted by Gasteiger charge is -2.20. The van der Waals surface area contributed by atoms with Gasteiger partial charge in [0.1, 0.15) is 10.9 Å². The van der Waals surface area contributed by atoms with Crippen LogP contribution in [0.3, 0.4) is 0 Å². The van der Waals surface area contributed by atoms with Crippen molar-refractivity contribution in [2.24, 2.45) is 0 Å². The SMILES string of the molecule is CC(C)OC(Cl)C(O)C(Cl)Cl. The fraction of sp³-hybridized carbons (Fsp3) is 1.00. The molecule has 5 heteroatoms. The predicted octanol–water partition coefficient (Wildman–Crippen LogP) is 2.14. The van der Waals surface area contributed by atoms with Crippen LogP contribution in [0.15, 0.2) is 0 Å². The maximum absolute atomic E-state index is 9.12. The van der Waals surface area contributed by atoms with Crippen LogP contribution in [-0.2, 0) is 4.74 Å². The first kappa shape index (κ1) is 11.8. The normalized spacial score (nSPS) is 17.5. The number of aliphatic hydroxyl groups excluding tert-OH is 1. The Morgan fingerprint density at radius 1 is 1.18 bits per heavy atom. The molecule has 0 aliphatic carbocycles. The Balaban J connectivity index is 3.73. The molecule has 0 radical (unpaired) electrons. The number of rotatable bonds is 4. The Morgan fingerprint density at radius 2 is 1.64 bits per heavy atom. The van der Waals surface area contributed by atoms with Gasteiger partial charge < -0.3 is 9.84 Å². The van der Waals surface area contributed by atoms with Crippen LogP contribution in [0, 0.1) is 0 Å². The van der Waals surface area contributed by atoms with E-state index in [9.17, 15) is 0 Å². The average Bonchev–Trinajstić information content (AvgIpc) is 1.84. The first-order valence-corrected chi connectivity index (χ1v) is 4.51. The molecule has 0 rings (SSSR count). The molecular weight excluding hydrogens is 210 g/mol. The molecule has 0 bridgehead atoms. The maximum Gasteiger partial charge on any atom is 0.159 e. The van der Waals surface area contributed by atoms with Gasteiger partial charge in [-0.25, -0.2) is 0 Å². The minimum absolute atomic E-state index is 0.0563. The van der Waals surface area contributed by atoms with E-state index in [-0.39, 0.29) is 6.10 Å². The molecule has 68 valence electrons. The Hall–Kier alpha value is 0.790. The number of alkyl halides is 3. The number of aliphatic hydroxyl groups is 1. The fourth-order valence-corrected chi connectivity index (χ4v) is 1.22. The zero-order chi connectivity index (χ0) is 9.02. The van der Waals surface area contributed by atoms with Crippen LogP contribution >= 0.6 is 34.8 Å². The average molecular weight is 222 g/mol. The van der Waals surface area contributed by atoms with E-state index in [1.165, 1.54) is 0 Å². The summed E-state index contributed by atoms with van der Waals surface area (Å²) in [6.45, 7) is 3.61. The molecule has 2 nitrogen and oxygen atoms in total. The van der Waals surface area contributed by atoms with Gasteiger partial charge in [-0.05, 0) is 13.8 Å². The summed E-state index contributed by atoms with van der Waals surface area (Å²) in [6, 6.07) is 0. The van der Waals surface area contributed by atoms with Gasteiger partial charge in [0.05, 0.1) is 6.10 Å². The lowest BCUT2D eigenvalue weighted by atomic mass is 10.4. The molecule has 0 amide bonds. The highest BCUT2D eigenvalue weighted by molar-refractivity contribution is 6.45. The van der Waals surface area contributed by atoms with Crippen molar-refractivity contribution in [2.45, 2.75) is 36.5 Å². The molecule has 0 aliphatic heterocycles. The topological polar surface area (TPSA) is 29.5 Å². The summed E-state index contributed by atoms with van der Waals surface area (Å²) in [7, 11) is 0. The monoisotopic (exact) mass is 220 g/mol. The molecule has 11 heavy (non-hydrogen) atoms. The molecule has 1 N–H and O–H groups in total. The van der Waals surface area contributed by atoms with E-state index in [0.29, 0.717) is 0 Å². The van der Waals surface area contributed by atoms with Crippen LogP contribution in [0.25, 0.3) is 0 Å². The van der Waals surface area contributed by atoms with E-state index in [0.717, 1.165) is 0 Å². The molecule has 2 atom stereocenters. The summed E-state index contributed by atoms with van der Waals surface area (Å²) >= 11 is 16.3. The van der Waals surface area contributed by atoms with Crippen LogP contribution in [0.5, 0.6) is 0 Å². The largest absolute Gasteiger partial charge is 0.386 e. The highest BCUT2D eigenvalue weighted by Gasteiger charge is 2.24. The molecule has 2 unspecified atom stereocenters. The van der Waals surface area contributed by atoms with Crippen LogP contribution < -0.4 is 0 Å². The van der Waals surface area contributed by atoms with Crippen molar-refractivity contribution in [3.05, 3.63) is 0 Å². The standard InChI is InChI=1S/C6H11Cl3O2/c1-3(2)11-6(9)4(10)5(7)8/h3-6,10H,1-2H3. The number of hydrogen-bond acceptors (Lipinski definition) is 2. The Kier molecular flexibility index (Phi) is 5.83. The third-order valence-electron chi connectivity index (χ3n) is 0.929. The lowest BCUT2D eigenvalue weighted by Crippen LogP contribution is -2.31. The third-order valence-corrected chi connectivity index (χ3v) is 1.81. The van der Waals surface area contributed by atoms with Gasteiger partial charge in [0.2, 0.25) is 0 Å². The van der Waals surface area contributed by atoms with Crippen molar-refractivity contribution in [1.82, 2.24) is 0 Å². The highest BCUT2D eigenvalue weighted by Crippen LogP contribution is 2.17. The molecule has 0 fully saturated rings. The first-order valence-electron chi connectivity index (χ1n) is 3.21. The summed E-state index contributed by atoms with van der Waals surface area (Å²) in [5.74, 6) is 0. The third kappa shape index (κ3) is 5.10. The van der Waals surface area contributed by atoms with Gasteiger partial charge in [-0.3, -0.25) is 0 Å². The summed E-state index contributed by atoms with van der Waals surface area (Å²) in [4.78, 5) is -0.920. The zero-order valence-corrected chi connectivity index (χ0v) is 8.57. The van der Waals surface area contributed by atoms with Gasteiger partial charge in [0.25, 0.3) is 0 Å². The van der Waals surface area contributed by atoms with Crippen LogP contribution in [-0.4, -0.2) is 27.7 Å². The van der Waals surface area contributed by atoms with Crippen LogP contribution in [0.1, 0.15) is 13.8 Å². The van der Waals surface area contributed by atoms with Crippen molar-refractivity contribution in [2.75, 3.05) is 0 Å². The number of ether oxygens (including phenoxy) is 1. The van der Waals surface area contributed by atoms with Gasteiger partial charge in [-0.2, -0.15) is 0 Å². The Bertz CT molecular complexity index is 108. The van der Waals surface area contributed by atoms with E-state index >= 15 is 0 Å². The van der Waals surface area contributed by atoms with Crippen molar-refractivity contribution in [3.63, 3.8) is 0 Å². The molecule has 0 spiro atoms. The Morgan fingerprint density at radius 3 is 1.91 bits per heavy atom. The molecular formula is C6H11Cl3O2. The van der Waals surface area contributed by atoms with Gasteiger partial charge in [0, 0.05) is 0 Å². The number of halogens is 3. The van der Waals surface area contributed by atoms with Gasteiger partial charge in [-0.1, -0.05) is 11.6 Å². The van der Waals surface area contributed by atoms with E-state index < -0.39 is 16.5 Å². The quantitative estimate of drug-likeness (QED) is 0.737. The van der Waals surface area contributed by atoms with Crippen LogP contribution in [0.4, 0.5) is 0 Å². The molecule has 0 aromatic heterocycles. The molecule has 0 heterocycles. The molecule has 0 aromatic carbocycles. The zero-order valence-electron chi connectivity index (χ0n) is 6.30. The predicted molar refractivity (Wildman–Crippen MR) is 47.4 cm³/mol. The van der Waals surface area contributed by atoms with E-state index in [1.807, 2.05) is 0 Å². The van der Waals surface area contributed by atoms with Crippen molar-refractivity contribution in [3.8, 4) is 0 Å². The second-order valence-corrected chi connectivity index (χ2v) is 3.95. The van der Waals surface area contributed by atoms with E-state index in [4.69, 9.17) is 44.6 Å². The first-order chi connectivity index (χ1) is 4.95. The van der Waals surface area contributed by atoms with E-state index in [2.05, 4.69) is 0 Å². The van der Waals surface area contributed by atoms with E-state index in [1.54, 1.807) is 13.8 Å². The molecule has 0 aliphatic rings. The summed E-state index contributed by atoms with van der Waals surface area (Å²) < 4.78 is 5.02. The van der Waals surface area contributed by atoms with Crippen molar-refractivity contribution in [1.29, 1.82) is 0 Å². The molecule has 0 saturated heterocycles. The molecule has 0 aromatic rings. The minimum atomic E-state index is -1.05.